The van der Waals surface area contributed by atoms with E-state index >= 15 is 0 Å². The van der Waals surface area contributed by atoms with Crippen LogP contribution in [0.3, 0.4) is 0 Å². The minimum atomic E-state index is -1.32. The van der Waals surface area contributed by atoms with E-state index in [1.54, 1.807) is 0 Å². The molecule has 0 saturated carbocycles. The molecule has 0 aromatic heterocycles. The number of nitrogens with zero attached hydrogens (tertiary/aromatic N) is 1. The van der Waals surface area contributed by atoms with Crippen LogP contribution in [0.15, 0.2) is 65.1 Å². The molecule has 0 N–H and O–H groups in total. The molecule has 0 bridgehead atoms. The van der Waals surface area contributed by atoms with E-state index in [4.69, 9.17) is 0 Å². The van der Waals surface area contributed by atoms with Crippen LogP contribution in [0.1, 0.15) is 31.9 Å². The maximum absolute atomic E-state index is 12.6. The van der Waals surface area contributed by atoms with Crippen LogP contribution in [-0.2, 0) is 15.7 Å². The molecule has 20 heavy (non-hydrogen) atoms. The molecule has 2 aromatic carbocycles. The molecule has 2 nitrogen and oxygen atoms in total. The number of benzene rings is 2. The van der Waals surface area contributed by atoms with Crippen molar-refractivity contribution < 1.29 is 4.21 Å². The highest BCUT2D eigenvalue weighted by Crippen LogP contribution is 2.28. The van der Waals surface area contributed by atoms with Gasteiger partial charge in [-0.3, -0.25) is 0 Å². The van der Waals surface area contributed by atoms with Crippen molar-refractivity contribution in [2.24, 2.45) is 4.40 Å². The van der Waals surface area contributed by atoms with Gasteiger partial charge in [0.25, 0.3) is 0 Å². The lowest BCUT2D eigenvalue weighted by molar-refractivity contribution is 0.644. The van der Waals surface area contributed by atoms with Crippen molar-refractivity contribution in [2.45, 2.75) is 25.5 Å². The SMILES string of the molecule is C/C(=N\[S@](=O)C(C)(C)c1ccccc1)c1ccccc1. The lowest BCUT2D eigenvalue weighted by atomic mass is 10.0. The van der Waals surface area contributed by atoms with Crippen LogP contribution >= 0.6 is 0 Å². The van der Waals surface area contributed by atoms with Crippen LogP contribution in [0.25, 0.3) is 0 Å². The highest BCUT2D eigenvalue weighted by atomic mass is 32.2. The van der Waals surface area contributed by atoms with E-state index in [0.29, 0.717) is 0 Å². The van der Waals surface area contributed by atoms with Crippen molar-refractivity contribution in [2.75, 3.05) is 0 Å². The van der Waals surface area contributed by atoms with Gasteiger partial charge in [-0.05, 0) is 31.9 Å². The summed E-state index contributed by atoms with van der Waals surface area (Å²) in [5, 5.41) is 0. The van der Waals surface area contributed by atoms with Crippen molar-refractivity contribution in [3.05, 3.63) is 71.8 Å². The molecule has 104 valence electrons. The van der Waals surface area contributed by atoms with Crippen LogP contribution < -0.4 is 0 Å². The number of hydrogen-bond donors (Lipinski definition) is 0. The average molecular weight is 285 g/mol. The molecule has 0 aliphatic rings. The minimum absolute atomic E-state index is 0.503. The van der Waals surface area contributed by atoms with Crippen LogP contribution in [0.5, 0.6) is 0 Å². The summed E-state index contributed by atoms with van der Waals surface area (Å²) in [5.41, 5.74) is 2.83. The zero-order valence-electron chi connectivity index (χ0n) is 12.0. The third-order valence-electron chi connectivity index (χ3n) is 3.32. The van der Waals surface area contributed by atoms with E-state index in [-0.39, 0.29) is 0 Å². The van der Waals surface area contributed by atoms with Crippen molar-refractivity contribution in [3.63, 3.8) is 0 Å². The third kappa shape index (κ3) is 3.23. The lowest BCUT2D eigenvalue weighted by Crippen LogP contribution is -2.23. The molecule has 0 radical (unpaired) electrons. The van der Waals surface area contributed by atoms with Crippen LogP contribution in [0, 0.1) is 0 Å². The fraction of sp³-hybridized carbons (Fsp3) is 0.235. The van der Waals surface area contributed by atoms with E-state index in [9.17, 15) is 4.21 Å². The first kappa shape index (κ1) is 14.7. The van der Waals surface area contributed by atoms with Gasteiger partial charge in [0.05, 0.1) is 10.5 Å². The van der Waals surface area contributed by atoms with Crippen molar-refractivity contribution in [1.29, 1.82) is 0 Å². The Hall–Kier alpha value is -1.74. The average Bonchev–Trinajstić information content (AvgIpc) is 2.49. The Balaban J connectivity index is 2.28. The highest BCUT2D eigenvalue weighted by molar-refractivity contribution is 7.84. The molecule has 3 heteroatoms. The van der Waals surface area contributed by atoms with Gasteiger partial charge in [-0.2, -0.15) is 4.40 Å². The van der Waals surface area contributed by atoms with Crippen LogP contribution in [0.4, 0.5) is 0 Å². The normalized spacial score (nSPS) is 14.1. The van der Waals surface area contributed by atoms with Gasteiger partial charge >= 0.3 is 0 Å². The smallest absolute Gasteiger partial charge is 0.149 e. The number of hydrogen-bond acceptors (Lipinski definition) is 1. The molecule has 0 fully saturated rings. The fourth-order valence-electron chi connectivity index (χ4n) is 1.91. The van der Waals surface area contributed by atoms with Crippen LogP contribution in [-0.4, -0.2) is 9.92 Å². The molecule has 0 spiro atoms. The monoisotopic (exact) mass is 285 g/mol. The first-order chi connectivity index (χ1) is 9.51. The van der Waals surface area contributed by atoms with E-state index in [1.165, 1.54) is 0 Å². The molecule has 0 amide bonds. The van der Waals surface area contributed by atoms with Crippen molar-refractivity contribution >= 4 is 16.7 Å². The fourth-order valence-corrected chi connectivity index (χ4v) is 2.83. The first-order valence-corrected chi connectivity index (χ1v) is 7.71. The topological polar surface area (TPSA) is 29.4 Å². The largest absolute Gasteiger partial charge is 0.234 e. The Labute approximate surface area is 123 Å². The molecule has 1 atom stereocenters. The summed E-state index contributed by atoms with van der Waals surface area (Å²) in [5.74, 6) is 0. The van der Waals surface area contributed by atoms with Gasteiger partial charge in [-0.1, -0.05) is 60.7 Å². The Morgan fingerprint density at radius 2 is 1.45 bits per heavy atom. The van der Waals surface area contributed by atoms with Gasteiger partial charge in [0.1, 0.15) is 11.0 Å². The lowest BCUT2D eigenvalue weighted by Gasteiger charge is -2.21. The Morgan fingerprint density at radius 3 is 2.00 bits per heavy atom. The Bertz CT molecular complexity index is 618. The molecule has 0 unspecified atom stereocenters. The van der Waals surface area contributed by atoms with Gasteiger partial charge in [-0.25, -0.2) is 4.21 Å². The van der Waals surface area contributed by atoms with E-state index < -0.39 is 15.7 Å². The van der Waals surface area contributed by atoms with Gasteiger partial charge in [0, 0.05) is 0 Å². The summed E-state index contributed by atoms with van der Waals surface area (Å²) in [6.07, 6.45) is 0. The van der Waals surface area contributed by atoms with Gasteiger partial charge < -0.3 is 0 Å². The second kappa shape index (κ2) is 6.14. The van der Waals surface area contributed by atoms with Gasteiger partial charge in [0.15, 0.2) is 0 Å². The molecular formula is C17H19NOS. The molecule has 0 heterocycles. The maximum Gasteiger partial charge on any atom is 0.149 e. The quantitative estimate of drug-likeness (QED) is 0.778. The molecular weight excluding hydrogens is 266 g/mol. The second-order valence-corrected chi connectivity index (χ2v) is 6.87. The molecule has 2 aromatic rings. The summed E-state index contributed by atoms with van der Waals surface area (Å²) in [6, 6.07) is 19.7. The van der Waals surface area contributed by atoms with E-state index in [0.717, 1.165) is 16.8 Å². The Morgan fingerprint density at radius 1 is 0.950 bits per heavy atom. The Kier molecular flexibility index (Phi) is 4.50. The highest BCUT2D eigenvalue weighted by Gasteiger charge is 2.28. The zero-order valence-corrected chi connectivity index (χ0v) is 12.9. The predicted molar refractivity (Wildman–Crippen MR) is 86.3 cm³/mol. The molecule has 0 aliphatic heterocycles. The van der Waals surface area contributed by atoms with E-state index in [1.807, 2.05) is 81.4 Å². The molecule has 0 saturated heterocycles. The second-order valence-electron chi connectivity index (χ2n) is 5.17. The van der Waals surface area contributed by atoms with Crippen molar-refractivity contribution in [3.8, 4) is 0 Å². The third-order valence-corrected chi connectivity index (χ3v) is 4.87. The summed E-state index contributed by atoms with van der Waals surface area (Å²) >= 11 is 0. The number of rotatable bonds is 4. The van der Waals surface area contributed by atoms with Crippen molar-refractivity contribution in [1.82, 2.24) is 0 Å². The maximum atomic E-state index is 12.6. The molecule has 2 rings (SSSR count). The summed E-state index contributed by atoms with van der Waals surface area (Å²) < 4.78 is 16.5. The standard InChI is InChI=1S/C17H19NOS/c1-14(15-10-6-4-7-11-15)18-20(19)17(2,3)16-12-8-5-9-13-16/h4-13H,1-3H3/b18-14+/t20-/m1/s1. The summed E-state index contributed by atoms with van der Waals surface area (Å²) in [7, 11) is -1.32. The van der Waals surface area contributed by atoms with Gasteiger partial charge in [-0.15, -0.1) is 0 Å². The van der Waals surface area contributed by atoms with Gasteiger partial charge in [0.2, 0.25) is 0 Å². The zero-order chi connectivity index (χ0) is 14.6. The predicted octanol–water partition coefficient (Wildman–Crippen LogP) is 4.09. The first-order valence-electron chi connectivity index (χ1n) is 6.60. The summed E-state index contributed by atoms with van der Waals surface area (Å²) in [4.78, 5) is 0. The van der Waals surface area contributed by atoms with E-state index in [2.05, 4.69) is 4.40 Å². The summed E-state index contributed by atoms with van der Waals surface area (Å²) in [6.45, 7) is 5.81. The van der Waals surface area contributed by atoms with Crippen LogP contribution in [0.2, 0.25) is 0 Å². The minimum Gasteiger partial charge on any atom is -0.234 e. The molecule has 0 aliphatic carbocycles.